The van der Waals surface area contributed by atoms with Crippen molar-refractivity contribution in [1.82, 2.24) is 15.5 Å². The van der Waals surface area contributed by atoms with Gasteiger partial charge in [0, 0.05) is 19.3 Å². The van der Waals surface area contributed by atoms with Crippen LogP contribution in [0.25, 0.3) is 0 Å². The lowest BCUT2D eigenvalue weighted by Crippen LogP contribution is -2.38. The van der Waals surface area contributed by atoms with Crippen LogP contribution in [0.2, 0.25) is 0 Å². The molecule has 0 saturated heterocycles. The maximum atomic E-state index is 11.3. The molecular weight excluding hydrogens is 202 g/mol. The van der Waals surface area contributed by atoms with E-state index < -0.39 is 0 Å². The van der Waals surface area contributed by atoms with Crippen molar-refractivity contribution in [3.8, 4) is 0 Å². The van der Waals surface area contributed by atoms with Gasteiger partial charge in [-0.25, -0.2) is 4.79 Å². The second-order valence-corrected chi connectivity index (χ2v) is 3.77. The molecule has 0 rings (SSSR count). The van der Waals surface area contributed by atoms with Gasteiger partial charge >= 0.3 is 6.03 Å². The summed E-state index contributed by atoms with van der Waals surface area (Å²) in [4.78, 5) is 13.6. The first-order chi connectivity index (χ1) is 7.63. The minimum absolute atomic E-state index is 0.125. The van der Waals surface area contributed by atoms with Crippen molar-refractivity contribution in [1.29, 1.82) is 0 Å². The number of rotatable bonds is 7. The van der Waals surface area contributed by atoms with E-state index in [1.165, 1.54) is 5.57 Å². The molecule has 2 N–H and O–H groups in total. The molecule has 0 atom stereocenters. The molecule has 0 aliphatic carbocycles. The summed E-state index contributed by atoms with van der Waals surface area (Å²) in [7, 11) is 0. The Kier molecular flexibility index (Phi) is 8.62. The molecule has 0 radical (unpaired) electrons. The number of carbonyl (C=O) groups excluding carboxylic acids is 1. The smallest absolute Gasteiger partial charge is 0.318 e. The quantitative estimate of drug-likeness (QED) is 0.698. The van der Waals surface area contributed by atoms with E-state index in [0.29, 0.717) is 6.54 Å². The van der Waals surface area contributed by atoms with Gasteiger partial charge in [-0.2, -0.15) is 0 Å². The summed E-state index contributed by atoms with van der Waals surface area (Å²) in [5.74, 6) is 0. The lowest BCUT2D eigenvalue weighted by Gasteiger charge is -2.17. The van der Waals surface area contributed by atoms with Gasteiger partial charge in [0.25, 0.3) is 0 Å². The molecule has 2 amide bonds. The number of hydrogen-bond acceptors (Lipinski definition) is 2. The fraction of sp³-hybridized carbons (Fsp3) is 0.750. The van der Waals surface area contributed by atoms with E-state index in [1.54, 1.807) is 6.20 Å². The zero-order valence-corrected chi connectivity index (χ0v) is 11.0. The van der Waals surface area contributed by atoms with E-state index in [1.807, 2.05) is 6.92 Å². The molecule has 0 aromatic heterocycles. The lowest BCUT2D eigenvalue weighted by atomic mass is 10.3. The summed E-state index contributed by atoms with van der Waals surface area (Å²) < 4.78 is 0. The first kappa shape index (κ1) is 15.0. The molecule has 4 nitrogen and oxygen atoms in total. The van der Waals surface area contributed by atoms with Crippen molar-refractivity contribution in [2.24, 2.45) is 0 Å². The number of carbonyl (C=O) groups is 1. The van der Waals surface area contributed by atoms with Gasteiger partial charge in [0.15, 0.2) is 0 Å². The Labute approximate surface area is 99.1 Å². The third-order valence-electron chi connectivity index (χ3n) is 2.62. The second kappa shape index (κ2) is 9.21. The summed E-state index contributed by atoms with van der Waals surface area (Å²) in [5, 5.41) is 5.54. The average molecular weight is 227 g/mol. The summed E-state index contributed by atoms with van der Waals surface area (Å²) in [6.45, 7) is 11.9. The number of nitrogens with zero attached hydrogens (tertiary/aromatic N) is 1. The largest absolute Gasteiger partial charge is 0.337 e. The molecule has 0 aromatic carbocycles. The van der Waals surface area contributed by atoms with Gasteiger partial charge in [0.2, 0.25) is 0 Å². The minimum atomic E-state index is -0.125. The van der Waals surface area contributed by atoms with Gasteiger partial charge in [0.1, 0.15) is 0 Å². The van der Waals surface area contributed by atoms with Crippen molar-refractivity contribution < 1.29 is 4.79 Å². The summed E-state index contributed by atoms with van der Waals surface area (Å²) in [5.41, 5.74) is 1.17. The van der Waals surface area contributed by atoms with Crippen LogP contribution in [-0.4, -0.2) is 37.1 Å². The van der Waals surface area contributed by atoms with E-state index in [9.17, 15) is 4.79 Å². The van der Waals surface area contributed by atoms with Crippen LogP contribution in [0.1, 0.15) is 34.1 Å². The first-order valence-corrected chi connectivity index (χ1v) is 6.06. The van der Waals surface area contributed by atoms with Gasteiger partial charge in [-0.1, -0.05) is 26.3 Å². The number of allylic oxidation sites excluding steroid dienone is 1. The minimum Gasteiger partial charge on any atom is -0.337 e. The SMILES string of the molecule is CC/C(C)=C/NC(=O)NCCN(CC)CC. The predicted octanol–water partition coefficient (Wildman–Crippen LogP) is 1.94. The monoisotopic (exact) mass is 227 g/mol. The molecular formula is C12H25N3O. The first-order valence-electron chi connectivity index (χ1n) is 6.06. The van der Waals surface area contributed by atoms with Crippen molar-refractivity contribution in [2.45, 2.75) is 34.1 Å². The van der Waals surface area contributed by atoms with Crippen LogP contribution in [-0.2, 0) is 0 Å². The molecule has 0 unspecified atom stereocenters. The standard InChI is InChI=1S/C12H25N3O/c1-5-11(4)10-14-12(16)13-8-9-15(6-2)7-3/h10H,5-9H2,1-4H3,(H2,13,14,16)/b11-10+. The Bertz CT molecular complexity index is 222. The van der Waals surface area contributed by atoms with Crippen LogP contribution < -0.4 is 10.6 Å². The highest BCUT2D eigenvalue weighted by molar-refractivity contribution is 5.74. The van der Waals surface area contributed by atoms with Crippen molar-refractivity contribution in [2.75, 3.05) is 26.2 Å². The van der Waals surface area contributed by atoms with E-state index >= 15 is 0 Å². The van der Waals surface area contributed by atoms with Gasteiger partial charge in [-0.05, 0) is 26.4 Å². The molecule has 4 heteroatoms. The maximum Gasteiger partial charge on any atom is 0.318 e. The van der Waals surface area contributed by atoms with E-state index in [2.05, 4.69) is 36.3 Å². The van der Waals surface area contributed by atoms with E-state index in [0.717, 1.165) is 26.1 Å². The Morgan fingerprint density at radius 1 is 1.25 bits per heavy atom. The molecule has 0 fully saturated rings. The number of urea groups is 1. The van der Waals surface area contributed by atoms with Crippen LogP contribution in [0.5, 0.6) is 0 Å². The molecule has 16 heavy (non-hydrogen) atoms. The van der Waals surface area contributed by atoms with Crippen molar-refractivity contribution in [3.63, 3.8) is 0 Å². The lowest BCUT2D eigenvalue weighted by molar-refractivity contribution is 0.240. The number of hydrogen-bond donors (Lipinski definition) is 2. The highest BCUT2D eigenvalue weighted by Gasteiger charge is 2.00. The highest BCUT2D eigenvalue weighted by atomic mass is 16.2. The van der Waals surface area contributed by atoms with Gasteiger partial charge in [-0.15, -0.1) is 0 Å². The molecule has 0 aliphatic rings. The zero-order chi connectivity index (χ0) is 12.4. The second-order valence-electron chi connectivity index (χ2n) is 3.77. The fourth-order valence-corrected chi connectivity index (χ4v) is 1.21. The van der Waals surface area contributed by atoms with Crippen LogP contribution in [0.15, 0.2) is 11.8 Å². The number of amides is 2. The molecule has 0 saturated carbocycles. The van der Waals surface area contributed by atoms with Crippen molar-refractivity contribution >= 4 is 6.03 Å². The summed E-state index contributed by atoms with van der Waals surface area (Å²) in [6, 6.07) is -0.125. The summed E-state index contributed by atoms with van der Waals surface area (Å²) in [6.07, 6.45) is 2.71. The van der Waals surface area contributed by atoms with Gasteiger partial charge < -0.3 is 15.5 Å². The molecule has 0 spiro atoms. The fourth-order valence-electron chi connectivity index (χ4n) is 1.21. The Hall–Kier alpha value is -1.03. The van der Waals surface area contributed by atoms with Crippen LogP contribution in [0, 0.1) is 0 Å². The van der Waals surface area contributed by atoms with Crippen LogP contribution >= 0.6 is 0 Å². The molecule has 0 aromatic rings. The molecule has 0 bridgehead atoms. The Morgan fingerprint density at radius 3 is 2.38 bits per heavy atom. The Balaban J connectivity index is 3.66. The normalized spacial score (nSPS) is 11.7. The van der Waals surface area contributed by atoms with E-state index in [4.69, 9.17) is 0 Å². The Morgan fingerprint density at radius 2 is 1.88 bits per heavy atom. The maximum absolute atomic E-state index is 11.3. The molecule has 94 valence electrons. The third kappa shape index (κ3) is 7.29. The average Bonchev–Trinajstić information content (AvgIpc) is 2.31. The van der Waals surface area contributed by atoms with Crippen LogP contribution in [0.4, 0.5) is 4.79 Å². The third-order valence-corrected chi connectivity index (χ3v) is 2.62. The molecule has 0 heterocycles. The zero-order valence-electron chi connectivity index (χ0n) is 11.0. The molecule has 0 aliphatic heterocycles. The van der Waals surface area contributed by atoms with Gasteiger partial charge in [0.05, 0.1) is 0 Å². The van der Waals surface area contributed by atoms with Gasteiger partial charge in [-0.3, -0.25) is 0 Å². The number of nitrogens with one attached hydrogen (secondary N) is 2. The van der Waals surface area contributed by atoms with E-state index in [-0.39, 0.29) is 6.03 Å². The summed E-state index contributed by atoms with van der Waals surface area (Å²) >= 11 is 0. The van der Waals surface area contributed by atoms with Crippen LogP contribution in [0.3, 0.4) is 0 Å². The number of likely N-dealkylation sites (N-methyl/N-ethyl adjacent to an activating group) is 1. The van der Waals surface area contributed by atoms with Crippen molar-refractivity contribution in [3.05, 3.63) is 11.8 Å². The highest BCUT2D eigenvalue weighted by Crippen LogP contribution is 1.94. The topological polar surface area (TPSA) is 44.4 Å². The predicted molar refractivity (Wildman–Crippen MR) is 68.4 cm³/mol.